The third-order valence-electron chi connectivity index (χ3n) is 16.1. The van der Waals surface area contributed by atoms with E-state index >= 15 is 0 Å². The summed E-state index contributed by atoms with van der Waals surface area (Å²) < 4.78 is 11.3. The Balaban J connectivity index is 2.05. The number of unbranched alkanes of at least 4 members (excludes halogenated alkanes) is 43. The molecule has 0 aromatic rings. The molecule has 0 aromatic heterocycles. The molecular formula is C69H129NO8. The van der Waals surface area contributed by atoms with Crippen LogP contribution in [0.3, 0.4) is 0 Å². The molecule has 9 nitrogen and oxygen atoms in total. The fourth-order valence-corrected chi connectivity index (χ4v) is 10.8. The number of carbonyl (C=O) groups excluding carboxylic acids is 1. The molecule has 1 amide bonds. The third-order valence-corrected chi connectivity index (χ3v) is 16.1. The van der Waals surface area contributed by atoms with Gasteiger partial charge >= 0.3 is 0 Å². The van der Waals surface area contributed by atoms with E-state index in [9.17, 15) is 30.3 Å². The molecule has 458 valence electrons. The normalized spacial score (nSPS) is 18.9. The summed E-state index contributed by atoms with van der Waals surface area (Å²) in [6.45, 7) is 3.78. The summed E-state index contributed by atoms with van der Waals surface area (Å²) in [6.07, 6.45) is 72.3. The van der Waals surface area contributed by atoms with Crippen LogP contribution < -0.4 is 5.32 Å². The van der Waals surface area contributed by atoms with Crippen molar-refractivity contribution in [3.8, 4) is 0 Å². The lowest BCUT2D eigenvalue weighted by Gasteiger charge is -2.40. The van der Waals surface area contributed by atoms with Crippen LogP contribution in [-0.4, -0.2) is 87.5 Å². The van der Waals surface area contributed by atoms with Gasteiger partial charge < -0.3 is 40.3 Å². The Labute approximate surface area is 482 Å². The van der Waals surface area contributed by atoms with E-state index in [2.05, 4.69) is 55.6 Å². The number of nitrogens with one attached hydrogen (secondary N) is 1. The monoisotopic (exact) mass is 1100 g/mol. The molecule has 0 bridgehead atoms. The lowest BCUT2D eigenvalue weighted by Crippen LogP contribution is -2.60. The average molecular weight is 1100 g/mol. The fourth-order valence-electron chi connectivity index (χ4n) is 10.8. The highest BCUT2D eigenvalue weighted by molar-refractivity contribution is 5.76. The topological polar surface area (TPSA) is 149 Å². The number of hydrogen-bond acceptors (Lipinski definition) is 8. The van der Waals surface area contributed by atoms with Crippen LogP contribution in [-0.2, 0) is 14.3 Å². The molecule has 1 aliphatic heterocycles. The van der Waals surface area contributed by atoms with Crippen molar-refractivity contribution in [3.63, 3.8) is 0 Å². The number of ether oxygens (including phenoxy) is 2. The van der Waals surface area contributed by atoms with Crippen LogP contribution in [0.1, 0.15) is 328 Å². The highest BCUT2D eigenvalue weighted by Gasteiger charge is 2.44. The summed E-state index contributed by atoms with van der Waals surface area (Å²) in [5, 5.41) is 54.6. The van der Waals surface area contributed by atoms with Crippen LogP contribution in [0.15, 0.2) is 48.6 Å². The molecule has 1 heterocycles. The lowest BCUT2D eigenvalue weighted by atomic mass is 9.99. The summed E-state index contributed by atoms with van der Waals surface area (Å²) in [4.78, 5) is 13.1. The van der Waals surface area contributed by atoms with Crippen molar-refractivity contribution in [2.45, 2.75) is 371 Å². The summed E-state index contributed by atoms with van der Waals surface area (Å²) in [7, 11) is 0. The highest BCUT2D eigenvalue weighted by Crippen LogP contribution is 2.23. The molecule has 1 aliphatic rings. The first-order valence-corrected chi connectivity index (χ1v) is 33.9. The first-order chi connectivity index (χ1) is 38.3. The zero-order valence-corrected chi connectivity index (χ0v) is 51.2. The minimum absolute atomic E-state index is 0.181. The van der Waals surface area contributed by atoms with Crippen LogP contribution in [0.2, 0.25) is 0 Å². The number of rotatable bonds is 59. The predicted octanol–water partition coefficient (Wildman–Crippen LogP) is 18.0. The number of amides is 1. The average Bonchev–Trinajstić information content (AvgIpc) is 3.45. The van der Waals surface area contributed by atoms with Crippen molar-refractivity contribution >= 4 is 5.91 Å². The van der Waals surface area contributed by atoms with Crippen LogP contribution in [0.25, 0.3) is 0 Å². The van der Waals surface area contributed by atoms with E-state index in [4.69, 9.17) is 9.47 Å². The molecule has 7 unspecified atom stereocenters. The van der Waals surface area contributed by atoms with Crippen LogP contribution >= 0.6 is 0 Å². The number of aliphatic hydroxyl groups excluding tert-OH is 5. The Morgan fingerprint density at radius 1 is 0.436 bits per heavy atom. The van der Waals surface area contributed by atoms with Crippen molar-refractivity contribution in [2.75, 3.05) is 13.2 Å². The van der Waals surface area contributed by atoms with Gasteiger partial charge in [-0.25, -0.2) is 0 Å². The molecule has 7 atom stereocenters. The van der Waals surface area contributed by atoms with E-state index in [1.807, 2.05) is 6.08 Å². The number of allylic oxidation sites excluding steroid dienone is 7. The fraction of sp³-hybridized carbons (Fsp3) is 0.870. The maximum atomic E-state index is 13.1. The Bertz CT molecular complexity index is 1370. The van der Waals surface area contributed by atoms with Gasteiger partial charge in [-0.1, -0.05) is 306 Å². The molecule has 1 saturated heterocycles. The van der Waals surface area contributed by atoms with Gasteiger partial charge in [0.15, 0.2) is 6.29 Å². The molecular weight excluding hydrogens is 971 g/mol. The Kier molecular flexibility index (Phi) is 55.5. The maximum absolute atomic E-state index is 13.1. The van der Waals surface area contributed by atoms with E-state index < -0.39 is 49.5 Å². The number of aliphatic hydroxyl groups is 5. The summed E-state index contributed by atoms with van der Waals surface area (Å²) in [6, 6.07) is -0.820. The number of hydrogen-bond donors (Lipinski definition) is 6. The van der Waals surface area contributed by atoms with Crippen LogP contribution in [0.5, 0.6) is 0 Å². The van der Waals surface area contributed by atoms with E-state index in [-0.39, 0.29) is 12.5 Å². The van der Waals surface area contributed by atoms with Crippen molar-refractivity contribution in [3.05, 3.63) is 48.6 Å². The first-order valence-electron chi connectivity index (χ1n) is 33.9. The van der Waals surface area contributed by atoms with Gasteiger partial charge in [0.2, 0.25) is 5.91 Å². The van der Waals surface area contributed by atoms with Gasteiger partial charge in [-0.2, -0.15) is 0 Å². The minimum atomic E-state index is -1.57. The largest absolute Gasteiger partial charge is 0.394 e. The number of carbonyl (C=O) groups is 1. The molecule has 0 aromatic carbocycles. The van der Waals surface area contributed by atoms with Gasteiger partial charge in [-0.3, -0.25) is 4.79 Å². The summed E-state index contributed by atoms with van der Waals surface area (Å²) >= 11 is 0. The molecule has 1 fully saturated rings. The molecule has 0 spiro atoms. The molecule has 6 N–H and O–H groups in total. The molecule has 1 rings (SSSR count). The molecule has 78 heavy (non-hydrogen) atoms. The van der Waals surface area contributed by atoms with Gasteiger partial charge in [-0.05, 0) is 64.2 Å². The van der Waals surface area contributed by atoms with Crippen LogP contribution in [0, 0.1) is 0 Å². The Hall–Kier alpha value is -1.85. The zero-order valence-electron chi connectivity index (χ0n) is 51.2. The van der Waals surface area contributed by atoms with Crippen molar-refractivity contribution in [2.24, 2.45) is 0 Å². The minimum Gasteiger partial charge on any atom is -0.394 e. The molecule has 0 radical (unpaired) electrons. The quantitative estimate of drug-likeness (QED) is 0.0261. The van der Waals surface area contributed by atoms with Gasteiger partial charge in [0, 0.05) is 6.42 Å². The van der Waals surface area contributed by atoms with Crippen LogP contribution in [0.4, 0.5) is 0 Å². The van der Waals surface area contributed by atoms with E-state index in [1.54, 1.807) is 6.08 Å². The summed E-state index contributed by atoms with van der Waals surface area (Å²) in [5.74, 6) is -0.181. The lowest BCUT2D eigenvalue weighted by molar-refractivity contribution is -0.302. The van der Waals surface area contributed by atoms with Crippen molar-refractivity contribution < 1.29 is 39.8 Å². The second-order valence-corrected chi connectivity index (χ2v) is 23.6. The Morgan fingerprint density at radius 2 is 0.769 bits per heavy atom. The maximum Gasteiger partial charge on any atom is 0.220 e. The van der Waals surface area contributed by atoms with Gasteiger partial charge in [0.05, 0.1) is 25.4 Å². The highest BCUT2D eigenvalue weighted by atomic mass is 16.7. The van der Waals surface area contributed by atoms with Gasteiger partial charge in [0.25, 0.3) is 0 Å². The van der Waals surface area contributed by atoms with E-state index in [0.29, 0.717) is 6.42 Å². The molecule has 9 heteroatoms. The van der Waals surface area contributed by atoms with Crippen molar-refractivity contribution in [1.29, 1.82) is 0 Å². The standard InChI is InChI=1S/C69H129NO8/c1-3-5-7-9-11-13-15-17-19-21-22-23-24-25-26-27-28-29-30-31-32-33-34-35-36-37-38-39-40-41-42-43-45-47-49-51-53-55-57-59-65(73)70-62(61-77-69-68(76)67(75)66(74)64(60-71)78-69)63(72)58-56-54-52-50-48-46-44-20-18-16-14-12-10-8-6-4-2/h15,17,21-22,48,50,56,58,62-64,66-69,71-72,74-76H,3-14,16,18-20,23-47,49,51-55,57,59-61H2,1-2H3,(H,70,73)/b17-15-,22-21-,50-48+,58-56+. The zero-order chi connectivity index (χ0) is 56.5. The SMILES string of the molecule is CCCCCCC/C=C\C/C=C\CCCCCCCCCCCCCCCCCCCCCCCCCCCCCC(=O)NC(COC1OC(CO)C(O)C(O)C1O)C(O)/C=C/CC/C=C/CCCCCCCCCCCC. The van der Waals surface area contributed by atoms with Gasteiger partial charge in [0.1, 0.15) is 24.4 Å². The summed E-state index contributed by atoms with van der Waals surface area (Å²) in [5.41, 5.74) is 0. The Morgan fingerprint density at radius 3 is 1.15 bits per heavy atom. The van der Waals surface area contributed by atoms with E-state index in [1.165, 1.54) is 263 Å². The molecule has 0 aliphatic carbocycles. The third kappa shape index (κ3) is 46.7. The van der Waals surface area contributed by atoms with Crippen molar-refractivity contribution in [1.82, 2.24) is 5.32 Å². The molecule has 0 saturated carbocycles. The second-order valence-electron chi connectivity index (χ2n) is 23.6. The predicted molar refractivity (Wildman–Crippen MR) is 332 cm³/mol. The second kappa shape index (κ2) is 58.4. The van der Waals surface area contributed by atoms with Gasteiger partial charge in [-0.15, -0.1) is 0 Å². The first kappa shape index (κ1) is 74.2. The van der Waals surface area contributed by atoms with E-state index in [0.717, 1.165) is 44.9 Å². The smallest absolute Gasteiger partial charge is 0.220 e.